The minimum Gasteiger partial charge on any atom is -0.396 e. The number of aliphatic hydroxyl groups is 1. The summed E-state index contributed by atoms with van der Waals surface area (Å²) >= 11 is 0. The van der Waals surface area contributed by atoms with Crippen LogP contribution in [0.3, 0.4) is 0 Å². The summed E-state index contributed by atoms with van der Waals surface area (Å²) in [5.74, 6) is 0.127. The highest BCUT2D eigenvalue weighted by molar-refractivity contribution is 7.91. The van der Waals surface area contributed by atoms with Crippen molar-refractivity contribution in [3.05, 3.63) is 30.3 Å². The molecule has 0 amide bonds. The van der Waals surface area contributed by atoms with E-state index in [4.69, 9.17) is 5.11 Å². The zero-order valence-corrected chi connectivity index (χ0v) is 9.57. The van der Waals surface area contributed by atoms with E-state index in [1.54, 1.807) is 30.3 Å². The van der Waals surface area contributed by atoms with Gasteiger partial charge in [0.2, 0.25) is 0 Å². The van der Waals surface area contributed by atoms with Crippen LogP contribution in [-0.4, -0.2) is 25.9 Å². The number of benzene rings is 1. The largest absolute Gasteiger partial charge is 0.396 e. The van der Waals surface area contributed by atoms with Gasteiger partial charge in [0, 0.05) is 6.61 Å². The molecule has 3 nitrogen and oxygen atoms in total. The molecule has 0 fully saturated rings. The second-order valence-corrected chi connectivity index (χ2v) is 5.82. The van der Waals surface area contributed by atoms with E-state index in [-0.39, 0.29) is 18.3 Å². The fourth-order valence-corrected chi connectivity index (χ4v) is 2.71. The molecule has 84 valence electrons. The van der Waals surface area contributed by atoms with Crippen LogP contribution in [0.25, 0.3) is 0 Å². The van der Waals surface area contributed by atoms with Crippen molar-refractivity contribution in [1.82, 2.24) is 0 Å². The Morgan fingerprint density at radius 1 is 1.27 bits per heavy atom. The van der Waals surface area contributed by atoms with Crippen molar-refractivity contribution >= 4 is 9.84 Å². The van der Waals surface area contributed by atoms with Gasteiger partial charge >= 0.3 is 0 Å². The molecule has 0 aromatic heterocycles. The van der Waals surface area contributed by atoms with E-state index in [2.05, 4.69) is 0 Å². The standard InChI is InChI=1S/C11H16O3S/c1-10(9-12)7-8-15(13,14)11-5-3-2-4-6-11/h2-6,10,12H,7-9H2,1H3. The molecule has 15 heavy (non-hydrogen) atoms. The monoisotopic (exact) mass is 228 g/mol. The topological polar surface area (TPSA) is 54.4 Å². The van der Waals surface area contributed by atoms with Gasteiger partial charge in [-0.1, -0.05) is 25.1 Å². The van der Waals surface area contributed by atoms with Crippen molar-refractivity contribution in [1.29, 1.82) is 0 Å². The predicted octanol–water partition coefficient (Wildman–Crippen LogP) is 1.48. The van der Waals surface area contributed by atoms with Crippen LogP contribution >= 0.6 is 0 Å². The average Bonchev–Trinajstić information content (AvgIpc) is 2.27. The molecule has 0 aliphatic carbocycles. The minimum absolute atomic E-state index is 0.0310. The van der Waals surface area contributed by atoms with Crippen LogP contribution < -0.4 is 0 Å². The summed E-state index contributed by atoms with van der Waals surface area (Å²) in [6, 6.07) is 8.40. The Hall–Kier alpha value is -0.870. The van der Waals surface area contributed by atoms with Crippen molar-refractivity contribution in [3.8, 4) is 0 Å². The summed E-state index contributed by atoms with van der Waals surface area (Å²) in [6.45, 7) is 1.87. The molecule has 1 atom stereocenters. The molecule has 0 heterocycles. The third-order valence-electron chi connectivity index (χ3n) is 2.29. The molecular formula is C11H16O3S. The van der Waals surface area contributed by atoms with Crippen molar-refractivity contribution in [2.24, 2.45) is 5.92 Å². The molecule has 0 radical (unpaired) electrons. The number of hydrogen-bond acceptors (Lipinski definition) is 3. The van der Waals surface area contributed by atoms with Gasteiger partial charge in [0.15, 0.2) is 9.84 Å². The lowest BCUT2D eigenvalue weighted by molar-refractivity contribution is 0.234. The zero-order chi connectivity index (χ0) is 11.3. The van der Waals surface area contributed by atoms with Crippen LogP contribution in [-0.2, 0) is 9.84 Å². The van der Waals surface area contributed by atoms with E-state index >= 15 is 0 Å². The summed E-state index contributed by atoms with van der Waals surface area (Å²) in [6.07, 6.45) is 0.494. The molecule has 1 aromatic rings. The Kier molecular flexibility index (Phi) is 4.29. The second kappa shape index (κ2) is 5.28. The molecule has 1 unspecified atom stereocenters. The minimum atomic E-state index is -3.18. The Morgan fingerprint density at radius 2 is 1.87 bits per heavy atom. The van der Waals surface area contributed by atoms with Crippen molar-refractivity contribution in [2.75, 3.05) is 12.4 Å². The lowest BCUT2D eigenvalue weighted by Crippen LogP contribution is -2.12. The fourth-order valence-electron chi connectivity index (χ4n) is 1.19. The highest BCUT2D eigenvalue weighted by Gasteiger charge is 2.14. The SMILES string of the molecule is CC(CO)CCS(=O)(=O)c1ccccc1. The zero-order valence-electron chi connectivity index (χ0n) is 8.76. The summed E-state index contributed by atoms with van der Waals surface area (Å²) in [4.78, 5) is 0.357. The molecular weight excluding hydrogens is 212 g/mol. The van der Waals surface area contributed by atoms with Gasteiger partial charge in [-0.2, -0.15) is 0 Å². The predicted molar refractivity (Wildman–Crippen MR) is 59.4 cm³/mol. The average molecular weight is 228 g/mol. The van der Waals surface area contributed by atoms with Crippen LogP contribution in [0.15, 0.2) is 35.2 Å². The lowest BCUT2D eigenvalue weighted by atomic mass is 10.1. The Labute approximate surface area is 90.7 Å². The molecule has 1 N–H and O–H groups in total. The maximum atomic E-state index is 11.8. The molecule has 0 aliphatic rings. The molecule has 0 saturated carbocycles. The molecule has 1 aromatic carbocycles. The van der Waals surface area contributed by atoms with Gasteiger partial charge in [-0.15, -0.1) is 0 Å². The number of aliphatic hydroxyl groups excluding tert-OH is 1. The summed E-state index contributed by atoms with van der Waals surface area (Å²) in [7, 11) is -3.18. The molecule has 1 rings (SSSR count). The van der Waals surface area contributed by atoms with Gasteiger partial charge in [-0.3, -0.25) is 0 Å². The number of rotatable bonds is 5. The van der Waals surface area contributed by atoms with Gasteiger partial charge < -0.3 is 5.11 Å². The molecule has 0 spiro atoms. The van der Waals surface area contributed by atoms with Crippen molar-refractivity contribution in [2.45, 2.75) is 18.2 Å². The summed E-state index contributed by atoms with van der Waals surface area (Å²) in [5, 5.41) is 8.81. The Morgan fingerprint density at radius 3 is 2.40 bits per heavy atom. The van der Waals surface area contributed by atoms with E-state index in [1.165, 1.54) is 0 Å². The molecule has 0 aliphatic heterocycles. The Balaban J connectivity index is 2.69. The van der Waals surface area contributed by atoms with Gasteiger partial charge in [0.25, 0.3) is 0 Å². The quantitative estimate of drug-likeness (QED) is 0.830. The summed E-state index contributed by atoms with van der Waals surface area (Å²) < 4.78 is 23.5. The molecule has 0 saturated heterocycles. The maximum Gasteiger partial charge on any atom is 0.178 e. The van der Waals surface area contributed by atoms with Crippen molar-refractivity contribution < 1.29 is 13.5 Å². The van der Waals surface area contributed by atoms with Gasteiger partial charge in [0.1, 0.15) is 0 Å². The maximum absolute atomic E-state index is 11.8. The van der Waals surface area contributed by atoms with Crippen LogP contribution in [0.2, 0.25) is 0 Å². The van der Waals surface area contributed by atoms with Crippen LogP contribution in [0.1, 0.15) is 13.3 Å². The van der Waals surface area contributed by atoms with Crippen molar-refractivity contribution in [3.63, 3.8) is 0 Å². The number of sulfone groups is 1. The van der Waals surface area contributed by atoms with Crippen LogP contribution in [0.4, 0.5) is 0 Å². The van der Waals surface area contributed by atoms with E-state index in [9.17, 15) is 8.42 Å². The first-order valence-electron chi connectivity index (χ1n) is 4.95. The number of hydrogen-bond donors (Lipinski definition) is 1. The van der Waals surface area contributed by atoms with E-state index in [0.717, 1.165) is 0 Å². The lowest BCUT2D eigenvalue weighted by Gasteiger charge is -2.08. The Bertz CT molecular complexity index is 384. The smallest absolute Gasteiger partial charge is 0.178 e. The normalized spacial score (nSPS) is 13.7. The molecule has 0 bridgehead atoms. The van der Waals surface area contributed by atoms with E-state index in [1.807, 2.05) is 6.92 Å². The first-order valence-corrected chi connectivity index (χ1v) is 6.60. The van der Waals surface area contributed by atoms with Gasteiger partial charge in [0.05, 0.1) is 10.6 Å². The first-order chi connectivity index (χ1) is 7.06. The molecule has 4 heteroatoms. The third-order valence-corrected chi connectivity index (χ3v) is 4.06. The van der Waals surface area contributed by atoms with Crippen LogP contribution in [0.5, 0.6) is 0 Å². The first kappa shape index (κ1) is 12.2. The highest BCUT2D eigenvalue weighted by Crippen LogP contribution is 2.13. The second-order valence-electron chi connectivity index (χ2n) is 3.71. The fraction of sp³-hybridized carbons (Fsp3) is 0.455. The third kappa shape index (κ3) is 3.64. The summed E-state index contributed by atoms with van der Waals surface area (Å²) in [5.41, 5.74) is 0. The van der Waals surface area contributed by atoms with Crippen LogP contribution in [0, 0.1) is 5.92 Å². The van der Waals surface area contributed by atoms with Gasteiger partial charge in [-0.25, -0.2) is 8.42 Å². The van der Waals surface area contributed by atoms with E-state index in [0.29, 0.717) is 11.3 Å². The van der Waals surface area contributed by atoms with Gasteiger partial charge in [-0.05, 0) is 24.5 Å². The highest BCUT2D eigenvalue weighted by atomic mass is 32.2. The van der Waals surface area contributed by atoms with E-state index < -0.39 is 9.84 Å².